The van der Waals surface area contributed by atoms with Gasteiger partial charge in [0.05, 0.1) is 12.8 Å². The lowest BCUT2D eigenvalue weighted by atomic mass is 9.75. The third-order valence-electron chi connectivity index (χ3n) is 4.65. The number of hydrogen-bond acceptors (Lipinski definition) is 3. The number of aromatic nitrogens is 1. The fraction of sp³-hybridized carbons (Fsp3) is 0.706. The van der Waals surface area contributed by atoms with Crippen LogP contribution in [0.2, 0.25) is 0 Å². The van der Waals surface area contributed by atoms with Crippen molar-refractivity contribution in [1.29, 1.82) is 0 Å². The van der Waals surface area contributed by atoms with Gasteiger partial charge in [-0.15, -0.1) is 0 Å². The molecule has 2 rings (SSSR count). The van der Waals surface area contributed by atoms with E-state index in [-0.39, 0.29) is 0 Å². The van der Waals surface area contributed by atoms with E-state index in [2.05, 4.69) is 31.1 Å². The van der Waals surface area contributed by atoms with Crippen LogP contribution in [0.25, 0.3) is 0 Å². The number of rotatable bonds is 4. The number of nitrogens with zero attached hydrogens (tertiary/aromatic N) is 1. The summed E-state index contributed by atoms with van der Waals surface area (Å²) in [6.07, 6.45) is 7.08. The van der Waals surface area contributed by atoms with E-state index in [1.54, 1.807) is 7.11 Å². The van der Waals surface area contributed by atoms with E-state index in [4.69, 9.17) is 4.74 Å². The Balaban J connectivity index is 1.95. The second-order valence-electron chi connectivity index (χ2n) is 6.87. The highest BCUT2D eigenvalue weighted by Gasteiger charge is 2.26. The lowest BCUT2D eigenvalue weighted by Gasteiger charge is -2.34. The highest BCUT2D eigenvalue weighted by Crippen LogP contribution is 2.35. The van der Waals surface area contributed by atoms with Gasteiger partial charge < -0.3 is 10.1 Å². The Kier molecular flexibility index (Phi) is 4.69. The van der Waals surface area contributed by atoms with Crippen molar-refractivity contribution >= 4 is 0 Å². The van der Waals surface area contributed by atoms with Gasteiger partial charge in [0, 0.05) is 29.9 Å². The summed E-state index contributed by atoms with van der Waals surface area (Å²) < 4.78 is 5.47. The maximum Gasteiger partial charge on any atom is 0.128 e. The number of methoxy groups -OCH3 is 1. The van der Waals surface area contributed by atoms with Crippen molar-refractivity contribution in [3.05, 3.63) is 23.0 Å². The van der Waals surface area contributed by atoms with Gasteiger partial charge in [-0.2, -0.15) is 0 Å². The van der Waals surface area contributed by atoms with E-state index >= 15 is 0 Å². The van der Waals surface area contributed by atoms with Crippen LogP contribution in [0.5, 0.6) is 5.75 Å². The minimum Gasteiger partial charge on any atom is -0.496 e. The molecule has 0 atom stereocenters. The van der Waals surface area contributed by atoms with Crippen LogP contribution < -0.4 is 10.1 Å². The molecule has 1 aromatic heterocycles. The van der Waals surface area contributed by atoms with Gasteiger partial charge in [0.15, 0.2) is 0 Å². The Labute approximate surface area is 123 Å². The molecule has 0 saturated heterocycles. The first-order valence-corrected chi connectivity index (χ1v) is 7.65. The monoisotopic (exact) mass is 276 g/mol. The molecule has 1 N–H and O–H groups in total. The van der Waals surface area contributed by atoms with Crippen LogP contribution >= 0.6 is 0 Å². The first kappa shape index (κ1) is 15.3. The molecule has 1 aliphatic rings. The number of pyridine rings is 1. The smallest absolute Gasteiger partial charge is 0.128 e. The number of nitrogens with one attached hydrogen (secondary N) is 1. The average molecular weight is 276 g/mol. The summed E-state index contributed by atoms with van der Waals surface area (Å²) in [7, 11) is 1.73. The molecule has 1 aromatic rings. The van der Waals surface area contributed by atoms with E-state index in [0.717, 1.165) is 29.1 Å². The summed E-state index contributed by atoms with van der Waals surface area (Å²) in [5.74, 6) is 0.974. The molecule has 0 aliphatic heterocycles. The highest BCUT2D eigenvalue weighted by molar-refractivity contribution is 5.40. The number of ether oxygens (including phenoxy) is 1. The van der Waals surface area contributed by atoms with Gasteiger partial charge in [-0.3, -0.25) is 4.98 Å². The SMILES string of the molecule is COc1c(C)cnc(CNC2CCC(C)(C)CC2)c1C. The van der Waals surface area contributed by atoms with E-state index in [0.29, 0.717) is 11.5 Å². The van der Waals surface area contributed by atoms with Crippen LogP contribution in [0.1, 0.15) is 56.4 Å². The second kappa shape index (κ2) is 6.13. The highest BCUT2D eigenvalue weighted by atomic mass is 16.5. The third kappa shape index (κ3) is 3.51. The van der Waals surface area contributed by atoms with Crippen LogP contribution in [0.4, 0.5) is 0 Å². The Morgan fingerprint density at radius 3 is 2.55 bits per heavy atom. The number of aryl methyl sites for hydroxylation is 1. The zero-order chi connectivity index (χ0) is 14.8. The molecule has 3 nitrogen and oxygen atoms in total. The molecule has 3 heteroatoms. The van der Waals surface area contributed by atoms with Crippen molar-refractivity contribution in [2.75, 3.05) is 7.11 Å². The van der Waals surface area contributed by atoms with Crippen LogP contribution in [-0.4, -0.2) is 18.1 Å². The molecule has 0 unspecified atom stereocenters. The van der Waals surface area contributed by atoms with Crippen LogP contribution in [0, 0.1) is 19.3 Å². The largest absolute Gasteiger partial charge is 0.496 e. The van der Waals surface area contributed by atoms with Gasteiger partial charge in [0.1, 0.15) is 5.75 Å². The topological polar surface area (TPSA) is 34.1 Å². The van der Waals surface area contributed by atoms with Crippen LogP contribution in [-0.2, 0) is 6.54 Å². The summed E-state index contributed by atoms with van der Waals surface area (Å²) in [6, 6.07) is 0.636. The number of hydrogen-bond donors (Lipinski definition) is 1. The summed E-state index contributed by atoms with van der Waals surface area (Å²) in [5.41, 5.74) is 3.90. The summed E-state index contributed by atoms with van der Waals surface area (Å²) >= 11 is 0. The molecule has 0 spiro atoms. The lowest BCUT2D eigenvalue weighted by Crippen LogP contribution is -2.35. The molecule has 0 aromatic carbocycles. The molecule has 1 heterocycles. The maximum atomic E-state index is 5.47. The molecule has 20 heavy (non-hydrogen) atoms. The van der Waals surface area contributed by atoms with Gasteiger partial charge in [-0.1, -0.05) is 13.8 Å². The fourth-order valence-electron chi connectivity index (χ4n) is 3.09. The van der Waals surface area contributed by atoms with Crippen molar-refractivity contribution in [2.24, 2.45) is 5.41 Å². The molecular formula is C17H28N2O. The van der Waals surface area contributed by atoms with Gasteiger partial charge in [0.25, 0.3) is 0 Å². The van der Waals surface area contributed by atoms with Gasteiger partial charge in [-0.05, 0) is 44.9 Å². The second-order valence-corrected chi connectivity index (χ2v) is 6.87. The molecule has 0 amide bonds. The van der Waals surface area contributed by atoms with Crippen molar-refractivity contribution in [1.82, 2.24) is 10.3 Å². The van der Waals surface area contributed by atoms with Crippen LogP contribution in [0.3, 0.4) is 0 Å². The zero-order valence-corrected chi connectivity index (χ0v) is 13.5. The van der Waals surface area contributed by atoms with E-state index in [1.165, 1.54) is 25.7 Å². The predicted molar refractivity (Wildman–Crippen MR) is 83.1 cm³/mol. The maximum absolute atomic E-state index is 5.47. The fourth-order valence-corrected chi connectivity index (χ4v) is 3.09. The molecule has 1 fully saturated rings. The predicted octanol–water partition coefficient (Wildman–Crippen LogP) is 3.77. The lowest BCUT2D eigenvalue weighted by molar-refractivity contribution is 0.205. The summed E-state index contributed by atoms with van der Waals surface area (Å²) in [5, 5.41) is 3.67. The van der Waals surface area contributed by atoms with Crippen molar-refractivity contribution < 1.29 is 4.74 Å². The Bertz CT molecular complexity index is 458. The van der Waals surface area contributed by atoms with E-state index in [9.17, 15) is 0 Å². The van der Waals surface area contributed by atoms with E-state index < -0.39 is 0 Å². The first-order chi connectivity index (χ1) is 9.43. The van der Waals surface area contributed by atoms with E-state index in [1.807, 2.05) is 13.1 Å². The normalized spacial score (nSPS) is 19.1. The van der Waals surface area contributed by atoms with Crippen LogP contribution in [0.15, 0.2) is 6.20 Å². The Morgan fingerprint density at radius 1 is 1.30 bits per heavy atom. The Hall–Kier alpha value is -1.09. The summed E-state index contributed by atoms with van der Waals surface area (Å²) in [6.45, 7) is 9.73. The standard InChI is InChI=1S/C17H28N2O/c1-12-10-19-15(13(2)16(12)20-5)11-18-14-6-8-17(3,4)9-7-14/h10,14,18H,6-9,11H2,1-5H3. The zero-order valence-electron chi connectivity index (χ0n) is 13.5. The quantitative estimate of drug-likeness (QED) is 0.909. The third-order valence-corrected chi connectivity index (χ3v) is 4.65. The molecular weight excluding hydrogens is 248 g/mol. The van der Waals surface area contributed by atoms with Gasteiger partial charge in [-0.25, -0.2) is 0 Å². The van der Waals surface area contributed by atoms with Crippen molar-refractivity contribution in [3.63, 3.8) is 0 Å². The van der Waals surface area contributed by atoms with Crippen molar-refractivity contribution in [3.8, 4) is 5.75 Å². The molecule has 112 valence electrons. The van der Waals surface area contributed by atoms with Crippen molar-refractivity contribution in [2.45, 2.75) is 66.0 Å². The molecule has 0 radical (unpaired) electrons. The molecule has 1 saturated carbocycles. The van der Waals surface area contributed by atoms with Gasteiger partial charge in [0.2, 0.25) is 0 Å². The minimum absolute atomic E-state index is 0.527. The minimum atomic E-state index is 0.527. The summed E-state index contributed by atoms with van der Waals surface area (Å²) in [4.78, 5) is 4.56. The molecule has 1 aliphatic carbocycles. The first-order valence-electron chi connectivity index (χ1n) is 7.65. The molecule has 0 bridgehead atoms. The average Bonchev–Trinajstić information content (AvgIpc) is 2.40. The Morgan fingerprint density at radius 2 is 1.95 bits per heavy atom. The van der Waals surface area contributed by atoms with Gasteiger partial charge >= 0.3 is 0 Å².